The third-order valence-electron chi connectivity index (χ3n) is 2.49. The van der Waals surface area contributed by atoms with E-state index >= 15 is 0 Å². The molecule has 0 amide bonds. The van der Waals surface area contributed by atoms with Crippen molar-refractivity contribution in [3.8, 4) is 0 Å². The van der Waals surface area contributed by atoms with Gasteiger partial charge in [0.2, 0.25) is 0 Å². The standard InChI is InChI=1S/C12H14N2O3S/c15-8-6-10-1-3-11(4-2-10)14-18(16,17)12-5-7-13-9-12/h1-5,7,9,13-15H,6,8H2. The number of rotatable bonds is 5. The van der Waals surface area contributed by atoms with Gasteiger partial charge in [0.15, 0.2) is 0 Å². The van der Waals surface area contributed by atoms with Crippen molar-refractivity contribution in [1.82, 2.24) is 4.98 Å². The Kier molecular flexibility index (Phi) is 3.69. The van der Waals surface area contributed by atoms with Gasteiger partial charge in [0, 0.05) is 24.7 Å². The lowest BCUT2D eigenvalue weighted by atomic mass is 10.1. The topological polar surface area (TPSA) is 82.2 Å². The van der Waals surface area contributed by atoms with Crippen LogP contribution in [0.2, 0.25) is 0 Å². The van der Waals surface area contributed by atoms with E-state index in [0.29, 0.717) is 12.1 Å². The summed E-state index contributed by atoms with van der Waals surface area (Å²) in [5.74, 6) is 0. The molecule has 1 heterocycles. The fourth-order valence-electron chi connectivity index (χ4n) is 1.56. The number of anilines is 1. The molecule has 0 aliphatic heterocycles. The summed E-state index contributed by atoms with van der Waals surface area (Å²) < 4.78 is 26.3. The number of hydrogen-bond acceptors (Lipinski definition) is 3. The summed E-state index contributed by atoms with van der Waals surface area (Å²) in [4.78, 5) is 2.90. The predicted octanol–water partition coefficient (Wildman–Crippen LogP) is 1.35. The van der Waals surface area contributed by atoms with Gasteiger partial charge in [-0.3, -0.25) is 4.72 Å². The zero-order valence-electron chi connectivity index (χ0n) is 9.63. The molecular formula is C12H14N2O3S. The average Bonchev–Trinajstić information content (AvgIpc) is 2.86. The number of aromatic nitrogens is 1. The zero-order valence-corrected chi connectivity index (χ0v) is 10.4. The van der Waals surface area contributed by atoms with Gasteiger partial charge >= 0.3 is 0 Å². The van der Waals surface area contributed by atoms with Crippen LogP contribution in [-0.2, 0) is 16.4 Å². The van der Waals surface area contributed by atoms with Crippen LogP contribution in [0.15, 0.2) is 47.6 Å². The molecule has 1 aromatic heterocycles. The molecular weight excluding hydrogens is 252 g/mol. The summed E-state index contributed by atoms with van der Waals surface area (Å²) in [5, 5.41) is 8.79. The molecule has 0 saturated carbocycles. The van der Waals surface area contributed by atoms with Crippen LogP contribution in [0.4, 0.5) is 5.69 Å². The second kappa shape index (κ2) is 5.24. The minimum atomic E-state index is -3.53. The minimum Gasteiger partial charge on any atom is -0.396 e. The van der Waals surface area contributed by atoms with Crippen molar-refractivity contribution in [2.24, 2.45) is 0 Å². The van der Waals surface area contributed by atoms with E-state index in [4.69, 9.17) is 5.11 Å². The Hall–Kier alpha value is -1.79. The second-order valence-electron chi connectivity index (χ2n) is 3.82. The number of H-pyrrole nitrogens is 1. The second-order valence-corrected chi connectivity index (χ2v) is 5.51. The molecule has 0 aliphatic rings. The maximum atomic E-state index is 11.9. The molecule has 5 nitrogen and oxygen atoms in total. The highest BCUT2D eigenvalue weighted by molar-refractivity contribution is 7.92. The van der Waals surface area contributed by atoms with E-state index in [-0.39, 0.29) is 11.5 Å². The Morgan fingerprint density at radius 3 is 2.44 bits per heavy atom. The third kappa shape index (κ3) is 2.91. The first-order chi connectivity index (χ1) is 8.62. The molecule has 1 aromatic carbocycles. The van der Waals surface area contributed by atoms with Gasteiger partial charge < -0.3 is 10.1 Å². The number of nitrogens with one attached hydrogen (secondary N) is 2. The number of hydrogen-bond donors (Lipinski definition) is 3. The van der Waals surface area contributed by atoms with Crippen molar-refractivity contribution in [2.75, 3.05) is 11.3 Å². The van der Waals surface area contributed by atoms with Crippen LogP contribution in [-0.4, -0.2) is 25.1 Å². The fraction of sp³-hybridized carbons (Fsp3) is 0.167. The van der Waals surface area contributed by atoms with E-state index in [1.165, 1.54) is 12.3 Å². The summed E-state index contributed by atoms with van der Waals surface area (Å²) in [7, 11) is -3.53. The van der Waals surface area contributed by atoms with Crippen molar-refractivity contribution >= 4 is 15.7 Å². The lowest BCUT2D eigenvalue weighted by Gasteiger charge is -2.07. The van der Waals surface area contributed by atoms with E-state index in [9.17, 15) is 8.42 Å². The summed E-state index contributed by atoms with van der Waals surface area (Å²) >= 11 is 0. The molecule has 0 fully saturated rings. The van der Waals surface area contributed by atoms with Crippen LogP contribution in [0.5, 0.6) is 0 Å². The van der Waals surface area contributed by atoms with Crippen LogP contribution in [0.25, 0.3) is 0 Å². The lowest BCUT2D eigenvalue weighted by molar-refractivity contribution is 0.299. The normalized spacial score (nSPS) is 11.4. The van der Waals surface area contributed by atoms with Crippen LogP contribution in [0.3, 0.4) is 0 Å². The van der Waals surface area contributed by atoms with Crippen LogP contribution >= 0.6 is 0 Å². The molecule has 0 saturated heterocycles. The first-order valence-corrected chi connectivity index (χ1v) is 6.95. The number of sulfonamides is 1. The van der Waals surface area contributed by atoms with Crippen molar-refractivity contribution < 1.29 is 13.5 Å². The van der Waals surface area contributed by atoms with Gasteiger partial charge in [-0.05, 0) is 30.2 Å². The van der Waals surface area contributed by atoms with Gasteiger partial charge in [-0.25, -0.2) is 8.42 Å². The molecule has 18 heavy (non-hydrogen) atoms. The average molecular weight is 266 g/mol. The van der Waals surface area contributed by atoms with E-state index < -0.39 is 10.0 Å². The van der Waals surface area contributed by atoms with Crippen molar-refractivity contribution in [3.05, 3.63) is 48.3 Å². The van der Waals surface area contributed by atoms with Gasteiger partial charge in [-0.1, -0.05) is 12.1 Å². The minimum absolute atomic E-state index is 0.0778. The number of aliphatic hydroxyl groups excluding tert-OH is 1. The van der Waals surface area contributed by atoms with Gasteiger partial charge in [0.1, 0.15) is 4.90 Å². The molecule has 0 atom stereocenters. The molecule has 0 bridgehead atoms. The summed E-state index contributed by atoms with van der Waals surface area (Å²) in [6.45, 7) is 0.0778. The molecule has 96 valence electrons. The summed E-state index contributed by atoms with van der Waals surface area (Å²) in [5.41, 5.74) is 1.46. The third-order valence-corrected chi connectivity index (χ3v) is 3.87. The first kappa shape index (κ1) is 12.7. The van der Waals surface area contributed by atoms with E-state index in [1.807, 2.05) is 0 Å². The Labute approximate surface area is 106 Å². The van der Waals surface area contributed by atoms with E-state index in [0.717, 1.165) is 5.56 Å². The summed E-state index contributed by atoms with van der Waals surface area (Å²) in [6, 6.07) is 8.41. The predicted molar refractivity (Wildman–Crippen MR) is 68.8 cm³/mol. The zero-order chi connectivity index (χ0) is 13.0. The largest absolute Gasteiger partial charge is 0.396 e. The van der Waals surface area contributed by atoms with Crippen molar-refractivity contribution in [2.45, 2.75) is 11.3 Å². The van der Waals surface area contributed by atoms with E-state index in [1.54, 1.807) is 30.5 Å². The highest BCUT2D eigenvalue weighted by atomic mass is 32.2. The molecule has 3 N–H and O–H groups in total. The van der Waals surface area contributed by atoms with Gasteiger partial charge in [0.25, 0.3) is 10.0 Å². The highest BCUT2D eigenvalue weighted by Gasteiger charge is 2.13. The first-order valence-electron chi connectivity index (χ1n) is 5.47. The highest BCUT2D eigenvalue weighted by Crippen LogP contribution is 2.16. The fourth-order valence-corrected chi connectivity index (χ4v) is 2.59. The Morgan fingerprint density at radius 2 is 1.89 bits per heavy atom. The van der Waals surface area contributed by atoms with Gasteiger partial charge in [0.05, 0.1) is 0 Å². The monoisotopic (exact) mass is 266 g/mol. The smallest absolute Gasteiger partial charge is 0.263 e. The molecule has 0 aliphatic carbocycles. The molecule has 6 heteroatoms. The number of aliphatic hydroxyl groups is 1. The number of benzene rings is 1. The van der Waals surface area contributed by atoms with Crippen molar-refractivity contribution in [3.63, 3.8) is 0 Å². The summed E-state index contributed by atoms with van der Waals surface area (Å²) in [6.07, 6.45) is 3.53. The Balaban J connectivity index is 2.14. The Morgan fingerprint density at radius 1 is 1.17 bits per heavy atom. The molecule has 2 rings (SSSR count). The maximum absolute atomic E-state index is 11.9. The Bertz CT molecular complexity index is 589. The molecule has 2 aromatic rings. The molecule has 0 unspecified atom stereocenters. The van der Waals surface area contributed by atoms with Crippen molar-refractivity contribution in [1.29, 1.82) is 0 Å². The van der Waals surface area contributed by atoms with Crippen LogP contribution < -0.4 is 4.72 Å². The van der Waals surface area contributed by atoms with E-state index in [2.05, 4.69) is 9.71 Å². The quantitative estimate of drug-likeness (QED) is 0.764. The number of aromatic amines is 1. The SMILES string of the molecule is O=S(=O)(Nc1ccc(CCO)cc1)c1cc[nH]c1. The lowest BCUT2D eigenvalue weighted by Crippen LogP contribution is -2.12. The molecule has 0 radical (unpaired) electrons. The van der Waals surface area contributed by atoms with Crippen LogP contribution in [0, 0.1) is 0 Å². The van der Waals surface area contributed by atoms with Gasteiger partial charge in [-0.2, -0.15) is 0 Å². The van der Waals surface area contributed by atoms with Gasteiger partial charge in [-0.15, -0.1) is 0 Å². The van der Waals surface area contributed by atoms with Crippen LogP contribution in [0.1, 0.15) is 5.56 Å². The maximum Gasteiger partial charge on any atom is 0.263 e. The molecule has 0 spiro atoms.